The predicted octanol–water partition coefficient (Wildman–Crippen LogP) is 1.28. The summed E-state index contributed by atoms with van der Waals surface area (Å²) in [6.07, 6.45) is 1.59. The Morgan fingerprint density at radius 2 is 1.67 bits per heavy atom. The van der Waals surface area contributed by atoms with Gasteiger partial charge in [-0.2, -0.15) is 0 Å². The Labute approximate surface area is 126 Å². The molecule has 0 bridgehead atoms. The van der Waals surface area contributed by atoms with Crippen LogP contribution >= 0.6 is 0 Å². The molecule has 0 aliphatic carbocycles. The summed E-state index contributed by atoms with van der Waals surface area (Å²) in [7, 11) is 0. The molecule has 0 aliphatic rings. The van der Waals surface area contributed by atoms with Crippen LogP contribution < -0.4 is 10.6 Å². The molecule has 0 saturated heterocycles. The van der Waals surface area contributed by atoms with Crippen molar-refractivity contribution in [1.82, 2.24) is 10.6 Å². The van der Waals surface area contributed by atoms with Gasteiger partial charge in [0.05, 0.1) is 6.10 Å². The first kappa shape index (κ1) is 17.2. The molecule has 5 nitrogen and oxygen atoms in total. The lowest BCUT2D eigenvalue weighted by atomic mass is 10.1. The minimum absolute atomic E-state index is 0.182. The van der Waals surface area contributed by atoms with Crippen molar-refractivity contribution in [3.8, 4) is 0 Å². The monoisotopic (exact) mass is 292 g/mol. The Bertz CT molecular complexity index is 432. The number of rotatable bonds is 8. The molecule has 0 unspecified atom stereocenters. The van der Waals surface area contributed by atoms with Crippen molar-refractivity contribution in [3.05, 3.63) is 35.9 Å². The number of nitrogens with one attached hydrogen (secondary N) is 2. The van der Waals surface area contributed by atoms with Gasteiger partial charge in [-0.25, -0.2) is 0 Å². The molecule has 21 heavy (non-hydrogen) atoms. The van der Waals surface area contributed by atoms with Crippen LogP contribution in [-0.4, -0.2) is 37.6 Å². The smallest absolute Gasteiger partial charge is 0.309 e. The second-order valence-corrected chi connectivity index (χ2v) is 5.02. The largest absolute Gasteiger partial charge is 0.379 e. The van der Waals surface area contributed by atoms with Gasteiger partial charge in [-0.15, -0.1) is 0 Å². The van der Waals surface area contributed by atoms with E-state index in [1.807, 2.05) is 44.2 Å². The van der Waals surface area contributed by atoms with E-state index in [4.69, 9.17) is 4.74 Å². The SMILES string of the molecule is CC(C)OCCCNC(=O)C(=O)NCCc1ccccc1. The van der Waals surface area contributed by atoms with Crippen LogP contribution in [0, 0.1) is 0 Å². The highest BCUT2D eigenvalue weighted by molar-refractivity contribution is 6.35. The summed E-state index contributed by atoms with van der Waals surface area (Å²) in [6.45, 7) is 5.38. The highest BCUT2D eigenvalue weighted by Crippen LogP contribution is 1.97. The van der Waals surface area contributed by atoms with Crippen LogP contribution in [0.15, 0.2) is 30.3 Å². The molecule has 0 fully saturated rings. The summed E-state index contributed by atoms with van der Waals surface area (Å²) in [5.74, 6) is -1.18. The van der Waals surface area contributed by atoms with Gasteiger partial charge in [0.25, 0.3) is 0 Å². The van der Waals surface area contributed by atoms with Crippen molar-refractivity contribution in [1.29, 1.82) is 0 Å². The van der Waals surface area contributed by atoms with Crippen LogP contribution in [0.3, 0.4) is 0 Å². The normalized spacial score (nSPS) is 10.4. The van der Waals surface area contributed by atoms with Gasteiger partial charge in [0, 0.05) is 19.7 Å². The first-order valence-corrected chi connectivity index (χ1v) is 7.31. The maximum absolute atomic E-state index is 11.6. The summed E-state index contributed by atoms with van der Waals surface area (Å²) in [5.41, 5.74) is 1.13. The molecule has 0 atom stereocenters. The van der Waals surface area contributed by atoms with Gasteiger partial charge in [0.1, 0.15) is 0 Å². The fourth-order valence-corrected chi connectivity index (χ4v) is 1.72. The second-order valence-electron chi connectivity index (χ2n) is 5.02. The van der Waals surface area contributed by atoms with E-state index in [2.05, 4.69) is 10.6 Å². The van der Waals surface area contributed by atoms with Crippen LogP contribution in [0.4, 0.5) is 0 Å². The Morgan fingerprint density at radius 1 is 1.05 bits per heavy atom. The standard InChI is InChI=1S/C16H24N2O3/c1-13(2)21-12-6-10-17-15(19)16(20)18-11-9-14-7-4-3-5-8-14/h3-5,7-8,13H,6,9-12H2,1-2H3,(H,17,19)(H,18,20). The van der Waals surface area contributed by atoms with Gasteiger partial charge in [-0.1, -0.05) is 30.3 Å². The van der Waals surface area contributed by atoms with Crippen LogP contribution in [0.5, 0.6) is 0 Å². The molecular formula is C16H24N2O3. The molecule has 0 aromatic heterocycles. The van der Waals surface area contributed by atoms with E-state index in [0.29, 0.717) is 32.5 Å². The quantitative estimate of drug-likeness (QED) is 0.560. The highest BCUT2D eigenvalue weighted by Gasteiger charge is 2.11. The minimum atomic E-state index is -0.590. The summed E-state index contributed by atoms with van der Waals surface area (Å²) < 4.78 is 5.35. The van der Waals surface area contributed by atoms with Gasteiger partial charge in [-0.3, -0.25) is 9.59 Å². The Hall–Kier alpha value is -1.88. The molecule has 0 spiro atoms. The number of carbonyl (C=O) groups is 2. The first-order chi connectivity index (χ1) is 10.1. The summed E-state index contributed by atoms with van der Waals surface area (Å²) >= 11 is 0. The van der Waals surface area contributed by atoms with Crippen LogP contribution in [-0.2, 0) is 20.7 Å². The summed E-state index contributed by atoms with van der Waals surface area (Å²) in [6, 6.07) is 9.81. The summed E-state index contributed by atoms with van der Waals surface area (Å²) in [5, 5.41) is 5.18. The average Bonchev–Trinajstić information content (AvgIpc) is 2.47. The molecule has 0 aliphatic heterocycles. The third-order valence-electron chi connectivity index (χ3n) is 2.81. The van der Waals surface area contributed by atoms with Crippen molar-refractivity contribution in [2.75, 3.05) is 19.7 Å². The second kappa shape index (κ2) is 9.94. The molecule has 5 heteroatoms. The van der Waals surface area contributed by atoms with Gasteiger partial charge in [-0.05, 0) is 32.3 Å². The number of hydrogen-bond acceptors (Lipinski definition) is 3. The molecule has 2 amide bonds. The van der Waals surface area contributed by atoms with Crippen molar-refractivity contribution < 1.29 is 14.3 Å². The lowest BCUT2D eigenvalue weighted by Crippen LogP contribution is -2.41. The fourth-order valence-electron chi connectivity index (χ4n) is 1.72. The Balaban J connectivity index is 2.10. The van der Waals surface area contributed by atoms with Crippen molar-refractivity contribution in [2.45, 2.75) is 32.8 Å². The molecule has 0 heterocycles. The lowest BCUT2D eigenvalue weighted by Gasteiger charge is -2.08. The predicted molar refractivity (Wildman–Crippen MR) is 81.9 cm³/mol. The first-order valence-electron chi connectivity index (χ1n) is 7.31. The highest BCUT2D eigenvalue weighted by atomic mass is 16.5. The van der Waals surface area contributed by atoms with E-state index in [9.17, 15) is 9.59 Å². The molecule has 1 aromatic carbocycles. The minimum Gasteiger partial charge on any atom is -0.379 e. The van der Waals surface area contributed by atoms with E-state index < -0.39 is 11.8 Å². The summed E-state index contributed by atoms with van der Waals surface area (Å²) in [4.78, 5) is 23.1. The van der Waals surface area contributed by atoms with Gasteiger partial charge < -0.3 is 15.4 Å². The topological polar surface area (TPSA) is 67.4 Å². The van der Waals surface area contributed by atoms with Crippen molar-refractivity contribution in [3.63, 3.8) is 0 Å². The van der Waals surface area contributed by atoms with Gasteiger partial charge >= 0.3 is 11.8 Å². The van der Waals surface area contributed by atoms with Crippen molar-refractivity contribution >= 4 is 11.8 Å². The van der Waals surface area contributed by atoms with E-state index in [1.54, 1.807) is 0 Å². The third kappa shape index (κ3) is 8.09. The third-order valence-corrected chi connectivity index (χ3v) is 2.81. The molecule has 0 radical (unpaired) electrons. The average molecular weight is 292 g/mol. The van der Waals surface area contributed by atoms with E-state index in [0.717, 1.165) is 5.56 Å². The Kier molecular flexibility index (Phi) is 8.12. The van der Waals surface area contributed by atoms with Crippen LogP contribution in [0.25, 0.3) is 0 Å². The zero-order chi connectivity index (χ0) is 15.5. The zero-order valence-electron chi connectivity index (χ0n) is 12.7. The zero-order valence-corrected chi connectivity index (χ0v) is 12.7. The number of carbonyl (C=O) groups excluding carboxylic acids is 2. The number of amides is 2. The Morgan fingerprint density at radius 3 is 2.29 bits per heavy atom. The van der Waals surface area contributed by atoms with Gasteiger partial charge in [0.15, 0.2) is 0 Å². The van der Waals surface area contributed by atoms with E-state index >= 15 is 0 Å². The number of ether oxygens (including phenoxy) is 1. The maximum atomic E-state index is 11.6. The molecule has 1 aromatic rings. The number of hydrogen-bond donors (Lipinski definition) is 2. The van der Waals surface area contributed by atoms with Crippen LogP contribution in [0.1, 0.15) is 25.8 Å². The molecule has 1 rings (SSSR count). The molecule has 0 saturated carbocycles. The van der Waals surface area contributed by atoms with Crippen molar-refractivity contribution in [2.24, 2.45) is 0 Å². The van der Waals surface area contributed by atoms with Crippen LogP contribution in [0.2, 0.25) is 0 Å². The molecule has 2 N–H and O–H groups in total. The fraction of sp³-hybridized carbons (Fsp3) is 0.500. The lowest BCUT2D eigenvalue weighted by molar-refractivity contribution is -0.139. The van der Waals surface area contributed by atoms with E-state index in [1.165, 1.54) is 0 Å². The molecular weight excluding hydrogens is 268 g/mol. The molecule has 116 valence electrons. The number of benzene rings is 1. The van der Waals surface area contributed by atoms with Gasteiger partial charge in [0.2, 0.25) is 0 Å². The maximum Gasteiger partial charge on any atom is 0.309 e. The van der Waals surface area contributed by atoms with E-state index in [-0.39, 0.29) is 6.10 Å².